The lowest BCUT2D eigenvalue weighted by atomic mass is 10.2. The van der Waals surface area contributed by atoms with E-state index in [9.17, 15) is 14.4 Å². The van der Waals surface area contributed by atoms with Crippen LogP contribution in [0.25, 0.3) is 6.08 Å². The third-order valence-electron chi connectivity index (χ3n) is 4.04. The molecule has 1 N–H and O–H groups in total. The molecule has 1 aromatic rings. The number of rotatable bonds is 5. The van der Waals surface area contributed by atoms with Gasteiger partial charge in [-0.05, 0) is 17.7 Å². The molecule has 1 fully saturated rings. The molecule has 0 saturated carbocycles. The number of piperazine rings is 1. The van der Waals surface area contributed by atoms with E-state index < -0.39 is 0 Å². The van der Waals surface area contributed by atoms with Crippen LogP contribution in [0.1, 0.15) is 18.9 Å². The fraction of sp³-hybridized carbons (Fsp3) is 0.389. The lowest BCUT2D eigenvalue weighted by Gasteiger charge is -2.34. The molecule has 0 bridgehead atoms. The maximum absolute atomic E-state index is 12.1. The van der Waals surface area contributed by atoms with E-state index in [4.69, 9.17) is 0 Å². The predicted molar refractivity (Wildman–Crippen MR) is 99.6 cm³/mol. The minimum absolute atomic E-state index is 0.00159. The Morgan fingerprint density at radius 1 is 1.12 bits per heavy atom. The zero-order valence-corrected chi connectivity index (χ0v) is 15.8. The van der Waals surface area contributed by atoms with Crippen molar-refractivity contribution in [2.24, 2.45) is 0 Å². The molecule has 6 nitrogen and oxygen atoms in total. The maximum atomic E-state index is 12.1. The molecule has 1 saturated heterocycles. The van der Waals surface area contributed by atoms with Crippen molar-refractivity contribution < 1.29 is 14.4 Å². The Morgan fingerprint density at radius 3 is 2.40 bits per heavy atom. The number of benzene rings is 1. The topological polar surface area (TPSA) is 69.7 Å². The quantitative estimate of drug-likeness (QED) is 0.754. The van der Waals surface area contributed by atoms with E-state index in [1.54, 1.807) is 15.9 Å². The molecule has 0 aliphatic carbocycles. The molecule has 25 heavy (non-hydrogen) atoms. The first-order valence-corrected chi connectivity index (χ1v) is 9.00. The second kappa shape index (κ2) is 9.36. The van der Waals surface area contributed by atoms with E-state index in [-0.39, 0.29) is 24.1 Å². The molecule has 7 heteroatoms. The Morgan fingerprint density at radius 2 is 1.76 bits per heavy atom. The van der Waals surface area contributed by atoms with Crippen LogP contribution in [0.2, 0.25) is 0 Å². The summed E-state index contributed by atoms with van der Waals surface area (Å²) in [6, 6.07) is 7.61. The first-order chi connectivity index (χ1) is 12.0. The highest BCUT2D eigenvalue weighted by Gasteiger charge is 2.21. The normalized spacial score (nSPS) is 14.6. The second-order valence-electron chi connectivity index (χ2n) is 5.78. The monoisotopic (exact) mass is 407 g/mol. The number of carbonyl (C=O) groups is 3. The molecule has 1 aliphatic rings. The average Bonchev–Trinajstić information content (AvgIpc) is 2.61. The van der Waals surface area contributed by atoms with Gasteiger partial charge in [-0.15, -0.1) is 0 Å². The average molecular weight is 408 g/mol. The molecule has 1 heterocycles. The maximum Gasteiger partial charge on any atom is 0.244 e. The highest BCUT2D eigenvalue weighted by Crippen LogP contribution is 2.16. The highest BCUT2D eigenvalue weighted by molar-refractivity contribution is 9.10. The third kappa shape index (κ3) is 6.01. The van der Waals surface area contributed by atoms with Gasteiger partial charge in [0.15, 0.2) is 0 Å². The summed E-state index contributed by atoms with van der Waals surface area (Å²) >= 11 is 3.42. The van der Waals surface area contributed by atoms with Crippen molar-refractivity contribution in [1.82, 2.24) is 15.1 Å². The molecule has 0 atom stereocenters. The zero-order valence-electron chi connectivity index (χ0n) is 14.2. The van der Waals surface area contributed by atoms with Crippen molar-refractivity contribution in [3.63, 3.8) is 0 Å². The number of hydrogen-bond donors (Lipinski definition) is 1. The Kier molecular flexibility index (Phi) is 7.18. The van der Waals surface area contributed by atoms with Crippen LogP contribution < -0.4 is 5.32 Å². The Balaban J connectivity index is 1.70. The van der Waals surface area contributed by atoms with Crippen molar-refractivity contribution in [2.45, 2.75) is 13.3 Å². The summed E-state index contributed by atoms with van der Waals surface area (Å²) in [7, 11) is 0. The van der Waals surface area contributed by atoms with Crippen LogP contribution in [0.3, 0.4) is 0 Å². The van der Waals surface area contributed by atoms with E-state index in [2.05, 4.69) is 21.2 Å². The molecule has 2 rings (SSSR count). The van der Waals surface area contributed by atoms with Crippen LogP contribution in [0.4, 0.5) is 0 Å². The molecule has 1 aliphatic heterocycles. The molecule has 1 aromatic carbocycles. The van der Waals surface area contributed by atoms with Gasteiger partial charge in [0.2, 0.25) is 17.7 Å². The van der Waals surface area contributed by atoms with Gasteiger partial charge >= 0.3 is 0 Å². The predicted octanol–water partition coefficient (Wildman–Crippen LogP) is 1.66. The summed E-state index contributed by atoms with van der Waals surface area (Å²) in [5.41, 5.74) is 0.914. The summed E-state index contributed by atoms with van der Waals surface area (Å²) in [5.74, 6) is -0.195. The minimum atomic E-state index is -0.232. The summed E-state index contributed by atoms with van der Waals surface area (Å²) in [6.07, 6.45) is 3.44. The molecule has 0 radical (unpaired) electrons. The number of amides is 3. The van der Waals surface area contributed by atoms with Crippen molar-refractivity contribution >= 4 is 39.7 Å². The van der Waals surface area contributed by atoms with Gasteiger partial charge in [0.25, 0.3) is 0 Å². The SMILES string of the molecule is CC(=O)N1CCN(C(=O)CCNC(=O)C=Cc2ccccc2Br)CC1. The van der Waals surface area contributed by atoms with Crippen LogP contribution >= 0.6 is 15.9 Å². The van der Waals surface area contributed by atoms with E-state index >= 15 is 0 Å². The van der Waals surface area contributed by atoms with E-state index in [0.717, 1.165) is 10.0 Å². The third-order valence-corrected chi connectivity index (χ3v) is 4.76. The van der Waals surface area contributed by atoms with E-state index in [0.29, 0.717) is 32.7 Å². The fourth-order valence-corrected chi connectivity index (χ4v) is 2.97. The van der Waals surface area contributed by atoms with Gasteiger partial charge in [0.1, 0.15) is 0 Å². The van der Waals surface area contributed by atoms with Crippen LogP contribution in [0.5, 0.6) is 0 Å². The van der Waals surface area contributed by atoms with Crippen molar-refractivity contribution in [1.29, 1.82) is 0 Å². The number of nitrogens with zero attached hydrogens (tertiary/aromatic N) is 2. The van der Waals surface area contributed by atoms with Crippen LogP contribution in [0, 0.1) is 0 Å². The highest BCUT2D eigenvalue weighted by atomic mass is 79.9. The van der Waals surface area contributed by atoms with Crippen molar-refractivity contribution in [3.05, 3.63) is 40.4 Å². The van der Waals surface area contributed by atoms with E-state index in [1.165, 1.54) is 13.0 Å². The van der Waals surface area contributed by atoms with Gasteiger partial charge in [0, 0.05) is 56.6 Å². The summed E-state index contributed by atoms with van der Waals surface area (Å²) < 4.78 is 0.916. The van der Waals surface area contributed by atoms with Crippen LogP contribution in [-0.4, -0.2) is 60.2 Å². The molecule has 0 spiro atoms. The molecule has 3 amide bonds. The van der Waals surface area contributed by atoms with Gasteiger partial charge in [-0.1, -0.05) is 34.1 Å². The second-order valence-corrected chi connectivity index (χ2v) is 6.64. The first-order valence-electron chi connectivity index (χ1n) is 8.21. The summed E-state index contributed by atoms with van der Waals surface area (Å²) in [5, 5.41) is 2.72. The molecular weight excluding hydrogens is 386 g/mol. The number of nitrogens with one attached hydrogen (secondary N) is 1. The number of halogens is 1. The van der Waals surface area contributed by atoms with Crippen LogP contribution in [0.15, 0.2) is 34.8 Å². The van der Waals surface area contributed by atoms with Gasteiger partial charge in [-0.3, -0.25) is 14.4 Å². The Hall–Kier alpha value is -2.15. The zero-order chi connectivity index (χ0) is 18.2. The Labute approximate surface area is 156 Å². The van der Waals surface area contributed by atoms with Crippen molar-refractivity contribution in [2.75, 3.05) is 32.7 Å². The number of hydrogen-bond acceptors (Lipinski definition) is 3. The largest absolute Gasteiger partial charge is 0.352 e. The molecule has 0 unspecified atom stereocenters. The van der Waals surface area contributed by atoms with Gasteiger partial charge in [0.05, 0.1) is 0 Å². The molecule has 0 aromatic heterocycles. The number of carbonyl (C=O) groups excluding carboxylic acids is 3. The lowest BCUT2D eigenvalue weighted by molar-refractivity contribution is -0.138. The fourth-order valence-electron chi connectivity index (χ4n) is 2.56. The summed E-state index contributed by atoms with van der Waals surface area (Å²) in [6.45, 7) is 4.08. The molecule has 134 valence electrons. The molecular formula is C18H22BrN3O3. The van der Waals surface area contributed by atoms with Gasteiger partial charge < -0.3 is 15.1 Å². The van der Waals surface area contributed by atoms with E-state index in [1.807, 2.05) is 24.3 Å². The smallest absolute Gasteiger partial charge is 0.244 e. The minimum Gasteiger partial charge on any atom is -0.352 e. The lowest BCUT2D eigenvalue weighted by Crippen LogP contribution is -2.50. The van der Waals surface area contributed by atoms with Crippen molar-refractivity contribution in [3.8, 4) is 0 Å². The summed E-state index contributed by atoms with van der Waals surface area (Å²) in [4.78, 5) is 38.7. The van der Waals surface area contributed by atoms with Crippen LogP contribution in [-0.2, 0) is 14.4 Å². The van der Waals surface area contributed by atoms with Gasteiger partial charge in [-0.25, -0.2) is 0 Å². The standard InChI is InChI=1S/C18H22BrN3O3/c1-14(23)21-10-12-22(13-11-21)18(25)8-9-20-17(24)7-6-15-4-2-3-5-16(15)19/h2-7H,8-13H2,1H3,(H,20,24). The Bertz CT molecular complexity index is 667. The first kappa shape index (κ1) is 19.2. The van der Waals surface area contributed by atoms with Gasteiger partial charge in [-0.2, -0.15) is 0 Å².